The Balaban J connectivity index is 0.000000170. The molecule has 3 N–H and O–H groups in total. The normalized spacial score (nSPS) is 15.3. The second-order valence-electron chi connectivity index (χ2n) is 7.43. The quantitative estimate of drug-likeness (QED) is 0.666. The molecule has 1 aliphatic heterocycles. The van der Waals surface area contributed by atoms with Crippen molar-refractivity contribution in [2.45, 2.75) is 33.1 Å². The number of hydrogen-bond acceptors (Lipinski definition) is 7. The molecular weight excluding hydrogens is 390 g/mol. The summed E-state index contributed by atoms with van der Waals surface area (Å²) in [5.74, 6) is 0.971. The summed E-state index contributed by atoms with van der Waals surface area (Å²) < 4.78 is 25.1. The van der Waals surface area contributed by atoms with Gasteiger partial charge in [0.05, 0.1) is 23.8 Å². The van der Waals surface area contributed by atoms with Gasteiger partial charge < -0.3 is 5.73 Å². The lowest BCUT2D eigenvalue weighted by Gasteiger charge is -2.26. The molecule has 29 heavy (non-hydrogen) atoms. The Labute approximate surface area is 170 Å². The molecule has 4 rings (SSSR count). The summed E-state index contributed by atoms with van der Waals surface area (Å²) in [7, 11) is -2.95. The summed E-state index contributed by atoms with van der Waals surface area (Å²) in [6.07, 6.45) is 8.14. The van der Waals surface area contributed by atoms with Gasteiger partial charge in [-0.25, -0.2) is 27.7 Å². The van der Waals surface area contributed by atoms with Crippen LogP contribution in [0.5, 0.6) is 0 Å². The molecule has 0 saturated carbocycles. The molecule has 0 spiro atoms. The Morgan fingerprint density at radius 2 is 1.93 bits per heavy atom. The summed E-state index contributed by atoms with van der Waals surface area (Å²) >= 11 is 0. The number of nitrogen functional groups attached to an aromatic ring is 1. The summed E-state index contributed by atoms with van der Waals surface area (Å²) in [4.78, 5) is 12.6. The van der Waals surface area contributed by atoms with E-state index in [0.29, 0.717) is 28.4 Å². The fraction of sp³-hybridized carbons (Fsp3) is 0.474. The number of rotatable bonds is 4. The summed E-state index contributed by atoms with van der Waals surface area (Å²) in [5, 5.41) is 6.60. The SMILES string of the molecule is CC(C)CS(=O)(=O)N1CCCCC1.Nc1ncccc1-c1cnc2[nH]ncc2n1. The predicted molar refractivity (Wildman–Crippen MR) is 113 cm³/mol. The second kappa shape index (κ2) is 9.27. The van der Waals surface area contributed by atoms with Crippen molar-refractivity contribution in [1.82, 2.24) is 29.5 Å². The summed E-state index contributed by atoms with van der Waals surface area (Å²) in [6, 6.07) is 3.67. The summed E-state index contributed by atoms with van der Waals surface area (Å²) in [5.41, 5.74) is 8.61. The molecule has 3 aromatic rings. The largest absolute Gasteiger partial charge is 0.383 e. The molecule has 0 aromatic carbocycles. The first-order valence-electron chi connectivity index (χ1n) is 9.71. The average Bonchev–Trinajstić information content (AvgIpc) is 3.16. The highest BCUT2D eigenvalue weighted by Gasteiger charge is 2.24. The van der Waals surface area contributed by atoms with Gasteiger partial charge in [-0.15, -0.1) is 0 Å². The molecular formula is C19H27N7O2S. The Morgan fingerprint density at radius 3 is 2.62 bits per heavy atom. The number of nitrogens with zero attached hydrogens (tertiary/aromatic N) is 5. The first-order chi connectivity index (χ1) is 13.9. The number of piperidine rings is 1. The lowest BCUT2D eigenvalue weighted by Crippen LogP contribution is -2.38. The highest BCUT2D eigenvalue weighted by molar-refractivity contribution is 7.89. The molecule has 0 aliphatic carbocycles. The molecule has 1 aliphatic rings. The average molecular weight is 418 g/mol. The topological polar surface area (TPSA) is 131 Å². The Kier molecular flexibility index (Phi) is 6.75. The molecule has 156 valence electrons. The van der Waals surface area contributed by atoms with Crippen molar-refractivity contribution >= 4 is 27.0 Å². The molecule has 0 amide bonds. The van der Waals surface area contributed by atoms with Gasteiger partial charge in [0.15, 0.2) is 5.65 Å². The van der Waals surface area contributed by atoms with Crippen molar-refractivity contribution in [1.29, 1.82) is 0 Å². The van der Waals surface area contributed by atoms with Crippen LogP contribution in [-0.4, -0.2) is 56.7 Å². The predicted octanol–water partition coefficient (Wildman–Crippen LogP) is 2.46. The van der Waals surface area contributed by atoms with Crippen molar-refractivity contribution in [3.8, 4) is 11.3 Å². The third kappa shape index (κ3) is 5.48. The number of aromatic nitrogens is 5. The minimum atomic E-state index is -2.95. The van der Waals surface area contributed by atoms with E-state index in [1.54, 1.807) is 22.9 Å². The van der Waals surface area contributed by atoms with Crippen LogP contribution in [0.3, 0.4) is 0 Å². The zero-order valence-corrected chi connectivity index (χ0v) is 17.6. The van der Waals surface area contributed by atoms with Crippen LogP contribution in [0.2, 0.25) is 0 Å². The fourth-order valence-corrected chi connectivity index (χ4v) is 5.04. The number of H-pyrrole nitrogens is 1. The maximum Gasteiger partial charge on any atom is 0.214 e. The van der Waals surface area contributed by atoms with Crippen LogP contribution >= 0.6 is 0 Å². The van der Waals surface area contributed by atoms with Crippen LogP contribution < -0.4 is 5.73 Å². The van der Waals surface area contributed by atoms with E-state index in [-0.39, 0.29) is 5.92 Å². The number of aromatic amines is 1. The second-order valence-corrected chi connectivity index (χ2v) is 9.44. The number of nitrogens with two attached hydrogens (primary N) is 1. The third-order valence-corrected chi connectivity index (χ3v) is 6.76. The van der Waals surface area contributed by atoms with Crippen LogP contribution in [0, 0.1) is 5.92 Å². The maximum atomic E-state index is 11.7. The first-order valence-corrected chi connectivity index (χ1v) is 11.3. The third-order valence-electron chi connectivity index (χ3n) is 4.52. The van der Waals surface area contributed by atoms with E-state index in [0.717, 1.165) is 31.5 Å². The van der Waals surface area contributed by atoms with Crippen molar-refractivity contribution in [2.24, 2.45) is 5.92 Å². The van der Waals surface area contributed by atoms with Gasteiger partial charge in [0.1, 0.15) is 11.3 Å². The molecule has 3 aromatic heterocycles. The van der Waals surface area contributed by atoms with Gasteiger partial charge in [-0.1, -0.05) is 20.3 Å². The molecule has 1 saturated heterocycles. The zero-order chi connectivity index (χ0) is 20.9. The van der Waals surface area contributed by atoms with E-state index in [1.165, 1.54) is 6.42 Å². The monoisotopic (exact) mass is 417 g/mol. The maximum absolute atomic E-state index is 11.7. The van der Waals surface area contributed by atoms with Crippen molar-refractivity contribution in [2.75, 3.05) is 24.6 Å². The molecule has 0 bridgehead atoms. The minimum absolute atomic E-state index is 0.229. The lowest BCUT2D eigenvalue weighted by molar-refractivity contribution is 0.344. The van der Waals surface area contributed by atoms with Crippen molar-refractivity contribution in [3.63, 3.8) is 0 Å². The van der Waals surface area contributed by atoms with E-state index in [2.05, 4.69) is 25.1 Å². The smallest absolute Gasteiger partial charge is 0.214 e. The Morgan fingerprint density at radius 1 is 1.17 bits per heavy atom. The van der Waals surface area contributed by atoms with E-state index in [1.807, 2.05) is 26.0 Å². The zero-order valence-electron chi connectivity index (χ0n) is 16.7. The number of nitrogens with one attached hydrogen (secondary N) is 1. The fourth-order valence-electron chi connectivity index (χ4n) is 3.17. The molecule has 0 unspecified atom stereocenters. The van der Waals surface area contributed by atoms with E-state index < -0.39 is 10.0 Å². The van der Waals surface area contributed by atoms with Crippen LogP contribution in [0.15, 0.2) is 30.7 Å². The molecule has 9 nitrogen and oxygen atoms in total. The Bertz CT molecular complexity index is 1040. The van der Waals surface area contributed by atoms with Crippen molar-refractivity contribution < 1.29 is 8.42 Å². The van der Waals surface area contributed by atoms with E-state index in [4.69, 9.17) is 5.73 Å². The van der Waals surface area contributed by atoms with Gasteiger partial charge in [0.25, 0.3) is 0 Å². The van der Waals surface area contributed by atoms with Gasteiger partial charge in [0, 0.05) is 24.8 Å². The van der Waals surface area contributed by atoms with E-state index >= 15 is 0 Å². The van der Waals surface area contributed by atoms with Crippen LogP contribution in [0.4, 0.5) is 5.82 Å². The van der Waals surface area contributed by atoms with Gasteiger partial charge in [-0.3, -0.25) is 5.10 Å². The number of pyridine rings is 1. The molecule has 4 heterocycles. The van der Waals surface area contributed by atoms with Gasteiger partial charge in [-0.05, 0) is 30.9 Å². The molecule has 1 fully saturated rings. The lowest BCUT2D eigenvalue weighted by atomic mass is 10.2. The Hall–Kier alpha value is -2.59. The number of fused-ring (bicyclic) bond motifs is 1. The van der Waals surface area contributed by atoms with Gasteiger partial charge >= 0.3 is 0 Å². The minimum Gasteiger partial charge on any atom is -0.383 e. The van der Waals surface area contributed by atoms with Crippen LogP contribution in [0.1, 0.15) is 33.1 Å². The van der Waals surface area contributed by atoms with Gasteiger partial charge in [-0.2, -0.15) is 5.10 Å². The van der Waals surface area contributed by atoms with Crippen LogP contribution in [0.25, 0.3) is 22.4 Å². The van der Waals surface area contributed by atoms with E-state index in [9.17, 15) is 8.42 Å². The highest BCUT2D eigenvalue weighted by Crippen LogP contribution is 2.22. The summed E-state index contributed by atoms with van der Waals surface area (Å²) in [6.45, 7) is 5.35. The van der Waals surface area contributed by atoms with Crippen molar-refractivity contribution in [3.05, 3.63) is 30.7 Å². The number of anilines is 1. The molecule has 0 atom stereocenters. The van der Waals surface area contributed by atoms with Crippen LogP contribution in [-0.2, 0) is 10.0 Å². The standard InChI is InChI=1S/C10H8N6.C9H19NO2S/c11-9-6(2-1-3-12-9)7-4-13-10-8(15-7)5-14-16-10;1-9(2)8-13(11,12)10-6-4-3-5-7-10/h1-5H,(H2,11,12)(H,13,14,16);9H,3-8H2,1-2H3. The molecule has 10 heteroatoms. The molecule has 0 radical (unpaired) electrons. The highest BCUT2D eigenvalue weighted by atomic mass is 32.2. The first kappa shape index (κ1) is 21.1. The number of hydrogen-bond donors (Lipinski definition) is 2. The van der Waals surface area contributed by atoms with Gasteiger partial charge in [0.2, 0.25) is 10.0 Å². The number of sulfonamides is 1.